The molecule has 0 radical (unpaired) electrons. The molecule has 0 aliphatic rings. The summed E-state index contributed by atoms with van der Waals surface area (Å²) in [5.74, 6) is 0.216. The Hall–Kier alpha value is -4.45. The Balaban J connectivity index is 1.74. The van der Waals surface area contributed by atoms with E-state index in [9.17, 15) is 36.2 Å². The number of aliphatic hydroxyl groups is 1. The molecule has 0 amide bonds. The fourth-order valence-electron chi connectivity index (χ4n) is 4.55. The van der Waals surface area contributed by atoms with Gasteiger partial charge in [0.25, 0.3) is 11.2 Å². The molecular formula is C28H20F6N4O2. The number of halogens is 6. The average Bonchev–Trinajstić information content (AvgIpc) is 3.43. The maximum atomic E-state index is 13.9. The summed E-state index contributed by atoms with van der Waals surface area (Å²) in [6, 6.07) is 17.6. The Bertz CT molecular complexity index is 1730. The third-order valence-electron chi connectivity index (χ3n) is 6.57. The summed E-state index contributed by atoms with van der Waals surface area (Å²) >= 11 is 0. The quantitative estimate of drug-likeness (QED) is 0.278. The van der Waals surface area contributed by atoms with E-state index in [1.807, 2.05) is 0 Å². The monoisotopic (exact) mass is 558 g/mol. The zero-order valence-corrected chi connectivity index (χ0v) is 20.7. The second kappa shape index (κ2) is 9.63. The zero-order chi connectivity index (χ0) is 28.9. The minimum Gasteiger partial charge on any atom is -0.369 e. The molecule has 0 aliphatic carbocycles. The van der Waals surface area contributed by atoms with E-state index in [2.05, 4.69) is 10.1 Å². The molecule has 206 valence electrons. The maximum Gasteiger partial charge on any atom is 0.430 e. The van der Waals surface area contributed by atoms with Gasteiger partial charge in [0.1, 0.15) is 5.82 Å². The van der Waals surface area contributed by atoms with Gasteiger partial charge in [-0.05, 0) is 48.4 Å². The predicted molar refractivity (Wildman–Crippen MR) is 134 cm³/mol. The van der Waals surface area contributed by atoms with E-state index < -0.39 is 29.1 Å². The van der Waals surface area contributed by atoms with Crippen LogP contribution < -0.4 is 5.56 Å². The Kier molecular flexibility index (Phi) is 6.53. The van der Waals surface area contributed by atoms with Crippen molar-refractivity contribution in [2.24, 2.45) is 0 Å². The van der Waals surface area contributed by atoms with Gasteiger partial charge in [-0.25, -0.2) is 9.67 Å². The minimum atomic E-state index is -6.04. The van der Waals surface area contributed by atoms with Crippen LogP contribution in [0.15, 0.2) is 90.0 Å². The van der Waals surface area contributed by atoms with Gasteiger partial charge in [-0.2, -0.15) is 31.4 Å². The molecule has 0 aliphatic heterocycles. The van der Waals surface area contributed by atoms with Crippen molar-refractivity contribution in [3.05, 3.63) is 118 Å². The summed E-state index contributed by atoms with van der Waals surface area (Å²) in [6.07, 6.45) is -8.72. The van der Waals surface area contributed by atoms with E-state index in [1.54, 1.807) is 67.0 Å². The first-order valence-corrected chi connectivity index (χ1v) is 11.9. The standard InChI is InChI=1S/C28H20F6N4O2/c1-17-14-19(26(40,27(29,30)31)28(32,33)34)8-11-23(17)38-24(15-18-6-3-2-4-7-18)36-22-10-9-20(16-21(22)25(38)39)37-13-5-12-35-37/h2-14,16,40H,15H2,1H3. The van der Waals surface area contributed by atoms with E-state index in [0.717, 1.165) is 11.6 Å². The highest BCUT2D eigenvalue weighted by molar-refractivity contribution is 5.80. The highest BCUT2D eigenvalue weighted by Crippen LogP contribution is 2.50. The number of alkyl halides is 6. The highest BCUT2D eigenvalue weighted by atomic mass is 19.4. The topological polar surface area (TPSA) is 72.9 Å². The molecule has 2 aromatic heterocycles. The molecule has 1 N–H and O–H groups in total. The summed E-state index contributed by atoms with van der Waals surface area (Å²) in [4.78, 5) is 18.5. The van der Waals surface area contributed by atoms with Crippen molar-refractivity contribution >= 4 is 10.9 Å². The molecule has 5 rings (SSSR count). The maximum absolute atomic E-state index is 13.9. The minimum absolute atomic E-state index is 0.0188. The van der Waals surface area contributed by atoms with Crippen LogP contribution in [0.25, 0.3) is 22.3 Å². The van der Waals surface area contributed by atoms with Crippen LogP contribution in [0.5, 0.6) is 0 Å². The zero-order valence-electron chi connectivity index (χ0n) is 20.7. The van der Waals surface area contributed by atoms with Crippen LogP contribution in [-0.2, 0) is 12.0 Å². The van der Waals surface area contributed by atoms with Crippen molar-refractivity contribution in [3.8, 4) is 11.4 Å². The van der Waals surface area contributed by atoms with E-state index in [0.29, 0.717) is 23.3 Å². The third-order valence-corrected chi connectivity index (χ3v) is 6.57. The number of aromatic nitrogens is 4. The Morgan fingerprint density at radius 3 is 2.17 bits per heavy atom. The largest absolute Gasteiger partial charge is 0.430 e. The molecule has 40 heavy (non-hydrogen) atoms. The van der Waals surface area contributed by atoms with Crippen molar-refractivity contribution in [1.82, 2.24) is 19.3 Å². The van der Waals surface area contributed by atoms with Gasteiger partial charge in [-0.15, -0.1) is 0 Å². The second-order valence-corrected chi connectivity index (χ2v) is 9.19. The lowest BCUT2D eigenvalue weighted by atomic mass is 9.90. The Morgan fingerprint density at radius 2 is 1.57 bits per heavy atom. The normalized spacial score (nSPS) is 12.7. The molecule has 0 fully saturated rings. The van der Waals surface area contributed by atoms with Crippen LogP contribution in [0.3, 0.4) is 0 Å². The Morgan fingerprint density at radius 1 is 0.875 bits per heavy atom. The van der Waals surface area contributed by atoms with Gasteiger partial charge >= 0.3 is 12.4 Å². The molecule has 2 heterocycles. The molecule has 0 spiro atoms. The van der Waals surface area contributed by atoms with Gasteiger partial charge in [-0.3, -0.25) is 9.36 Å². The molecule has 12 heteroatoms. The molecule has 0 bridgehead atoms. The highest BCUT2D eigenvalue weighted by Gasteiger charge is 2.71. The number of nitrogens with zero attached hydrogens (tertiary/aromatic N) is 4. The summed E-state index contributed by atoms with van der Waals surface area (Å²) in [6.45, 7) is 1.26. The molecule has 5 aromatic rings. The van der Waals surface area contributed by atoms with Crippen LogP contribution >= 0.6 is 0 Å². The van der Waals surface area contributed by atoms with Gasteiger partial charge in [0.05, 0.1) is 22.3 Å². The van der Waals surface area contributed by atoms with Gasteiger partial charge in [-0.1, -0.05) is 42.5 Å². The number of rotatable bonds is 5. The van der Waals surface area contributed by atoms with Crippen LogP contribution in [0, 0.1) is 6.92 Å². The summed E-state index contributed by atoms with van der Waals surface area (Å²) < 4.78 is 83.7. The predicted octanol–water partition coefficient (Wildman–Crippen LogP) is 5.78. The molecule has 0 saturated carbocycles. The van der Waals surface area contributed by atoms with E-state index in [4.69, 9.17) is 0 Å². The molecular weight excluding hydrogens is 538 g/mol. The van der Waals surface area contributed by atoms with Crippen molar-refractivity contribution in [2.75, 3.05) is 0 Å². The SMILES string of the molecule is Cc1cc(C(O)(C(F)(F)F)C(F)(F)F)ccc1-n1c(Cc2ccccc2)nc2ccc(-n3cccn3)cc2c1=O. The fraction of sp³-hybridized carbons (Fsp3) is 0.179. The van der Waals surface area contributed by atoms with Crippen LogP contribution in [0.4, 0.5) is 26.3 Å². The molecule has 0 saturated heterocycles. The van der Waals surface area contributed by atoms with Gasteiger partial charge in [0.15, 0.2) is 0 Å². The van der Waals surface area contributed by atoms with Crippen LogP contribution in [0.2, 0.25) is 0 Å². The lowest BCUT2D eigenvalue weighted by Crippen LogP contribution is -2.54. The number of aryl methyl sites for hydroxylation is 1. The van der Waals surface area contributed by atoms with E-state index in [-0.39, 0.29) is 28.9 Å². The van der Waals surface area contributed by atoms with Crippen molar-refractivity contribution in [1.29, 1.82) is 0 Å². The second-order valence-electron chi connectivity index (χ2n) is 9.19. The Labute approximate surface area is 222 Å². The molecule has 0 atom stereocenters. The van der Waals surface area contributed by atoms with Crippen LogP contribution in [0.1, 0.15) is 22.5 Å². The van der Waals surface area contributed by atoms with Crippen molar-refractivity contribution in [2.45, 2.75) is 31.3 Å². The van der Waals surface area contributed by atoms with Crippen molar-refractivity contribution in [3.63, 3.8) is 0 Å². The lowest BCUT2D eigenvalue weighted by molar-refractivity contribution is -0.376. The first kappa shape index (κ1) is 27.1. The number of benzene rings is 3. The van der Waals surface area contributed by atoms with Crippen LogP contribution in [-0.4, -0.2) is 36.8 Å². The third kappa shape index (κ3) is 4.53. The molecule has 0 unspecified atom stereocenters. The average molecular weight is 558 g/mol. The van der Waals surface area contributed by atoms with E-state index >= 15 is 0 Å². The first-order valence-electron chi connectivity index (χ1n) is 11.9. The molecule has 6 nitrogen and oxygen atoms in total. The van der Waals surface area contributed by atoms with E-state index in [1.165, 1.54) is 16.2 Å². The summed E-state index contributed by atoms with van der Waals surface area (Å²) in [7, 11) is 0. The summed E-state index contributed by atoms with van der Waals surface area (Å²) in [5, 5.41) is 14.2. The van der Waals surface area contributed by atoms with Gasteiger partial charge in [0.2, 0.25) is 0 Å². The number of hydrogen-bond acceptors (Lipinski definition) is 4. The fourth-order valence-corrected chi connectivity index (χ4v) is 4.55. The van der Waals surface area contributed by atoms with Gasteiger partial charge < -0.3 is 5.11 Å². The molecule has 3 aromatic carbocycles. The number of hydrogen-bond donors (Lipinski definition) is 1. The smallest absolute Gasteiger partial charge is 0.369 e. The van der Waals surface area contributed by atoms with Crippen molar-refractivity contribution < 1.29 is 31.4 Å². The summed E-state index contributed by atoms with van der Waals surface area (Å²) in [5.41, 5.74) is -5.51. The number of fused-ring (bicyclic) bond motifs is 1. The lowest BCUT2D eigenvalue weighted by Gasteiger charge is -2.33. The first-order chi connectivity index (χ1) is 18.8. The van der Waals surface area contributed by atoms with Gasteiger partial charge in [0, 0.05) is 24.4 Å².